The summed E-state index contributed by atoms with van der Waals surface area (Å²) in [4.78, 5) is 4.42. The quantitative estimate of drug-likeness (QED) is 0.915. The summed E-state index contributed by atoms with van der Waals surface area (Å²) in [6.07, 6.45) is 5.92. The highest BCUT2D eigenvalue weighted by Gasteiger charge is 2.39. The van der Waals surface area contributed by atoms with Crippen LogP contribution in [0.15, 0.2) is 6.33 Å². The van der Waals surface area contributed by atoms with E-state index < -0.39 is 0 Å². The maximum absolute atomic E-state index is 6.09. The number of nitrogens with one attached hydrogen (secondary N) is 1. The van der Waals surface area contributed by atoms with Crippen molar-refractivity contribution in [1.29, 1.82) is 0 Å². The Morgan fingerprint density at radius 2 is 2.19 bits per heavy atom. The molecule has 0 aliphatic carbocycles. The third-order valence-corrected chi connectivity index (χ3v) is 4.47. The lowest BCUT2D eigenvalue weighted by Gasteiger charge is -2.43. The van der Waals surface area contributed by atoms with Crippen LogP contribution in [0.25, 0.3) is 0 Å². The van der Waals surface area contributed by atoms with E-state index >= 15 is 0 Å². The van der Waals surface area contributed by atoms with Crippen molar-refractivity contribution < 1.29 is 9.47 Å². The molecule has 6 nitrogen and oxygen atoms in total. The monoisotopic (exact) mass is 294 g/mol. The molecule has 1 atom stereocenters. The van der Waals surface area contributed by atoms with Gasteiger partial charge in [0.15, 0.2) is 5.82 Å². The van der Waals surface area contributed by atoms with E-state index in [4.69, 9.17) is 9.47 Å². The van der Waals surface area contributed by atoms with Gasteiger partial charge in [0.1, 0.15) is 6.33 Å². The molecule has 3 rings (SSSR count). The van der Waals surface area contributed by atoms with Crippen LogP contribution in [0.1, 0.15) is 51.4 Å². The van der Waals surface area contributed by atoms with Crippen molar-refractivity contribution in [2.45, 2.75) is 63.8 Å². The van der Waals surface area contributed by atoms with Crippen molar-refractivity contribution in [1.82, 2.24) is 20.1 Å². The van der Waals surface area contributed by atoms with Gasteiger partial charge in [-0.1, -0.05) is 13.8 Å². The van der Waals surface area contributed by atoms with Crippen molar-refractivity contribution in [3.63, 3.8) is 0 Å². The molecule has 1 spiro atoms. The summed E-state index contributed by atoms with van der Waals surface area (Å²) in [5.41, 5.74) is 0.00344. The number of hydrogen-bond donors (Lipinski definition) is 1. The SMILES string of the molecule is CC(C)NCc1ncn(C2CCOC3(CCOCC3)C2)n1. The predicted octanol–water partition coefficient (Wildman–Crippen LogP) is 1.68. The number of nitrogens with zero attached hydrogens (tertiary/aromatic N) is 3. The van der Waals surface area contributed by atoms with Crippen LogP contribution in [0, 0.1) is 0 Å². The van der Waals surface area contributed by atoms with E-state index in [0.29, 0.717) is 12.1 Å². The third-order valence-electron chi connectivity index (χ3n) is 4.47. The first-order chi connectivity index (χ1) is 10.2. The highest BCUT2D eigenvalue weighted by molar-refractivity contribution is 4.92. The van der Waals surface area contributed by atoms with E-state index in [1.807, 2.05) is 11.0 Å². The summed E-state index contributed by atoms with van der Waals surface area (Å²) in [6, 6.07) is 0.850. The highest BCUT2D eigenvalue weighted by Crippen LogP contribution is 2.38. The van der Waals surface area contributed by atoms with E-state index in [0.717, 1.165) is 57.9 Å². The number of hydrogen-bond acceptors (Lipinski definition) is 5. The molecule has 6 heteroatoms. The van der Waals surface area contributed by atoms with E-state index in [1.54, 1.807) is 0 Å². The van der Waals surface area contributed by atoms with Crippen LogP contribution in [-0.2, 0) is 16.0 Å². The van der Waals surface area contributed by atoms with E-state index in [-0.39, 0.29) is 5.60 Å². The topological polar surface area (TPSA) is 61.2 Å². The second kappa shape index (κ2) is 6.42. The number of ether oxygens (including phenoxy) is 2. The minimum absolute atomic E-state index is 0.00344. The fourth-order valence-electron chi connectivity index (χ4n) is 3.18. The lowest BCUT2D eigenvalue weighted by atomic mass is 9.84. The van der Waals surface area contributed by atoms with Gasteiger partial charge in [-0.2, -0.15) is 5.10 Å². The molecule has 0 radical (unpaired) electrons. The molecule has 2 aliphatic rings. The Morgan fingerprint density at radius 1 is 1.38 bits per heavy atom. The van der Waals surface area contributed by atoms with Crippen LogP contribution < -0.4 is 5.32 Å². The van der Waals surface area contributed by atoms with Crippen molar-refractivity contribution in [2.75, 3.05) is 19.8 Å². The summed E-state index contributed by atoms with van der Waals surface area (Å²) in [5, 5.41) is 8.00. The summed E-state index contributed by atoms with van der Waals surface area (Å²) in [5.74, 6) is 0.871. The van der Waals surface area contributed by atoms with Gasteiger partial charge in [-0.3, -0.25) is 0 Å². The molecular formula is C15H26N4O2. The van der Waals surface area contributed by atoms with Crippen LogP contribution >= 0.6 is 0 Å². The smallest absolute Gasteiger partial charge is 0.164 e. The Balaban J connectivity index is 1.63. The van der Waals surface area contributed by atoms with Crippen molar-refractivity contribution in [3.05, 3.63) is 12.2 Å². The summed E-state index contributed by atoms with van der Waals surface area (Å²) in [6.45, 7) is 7.42. The van der Waals surface area contributed by atoms with Crippen LogP contribution in [-0.4, -0.2) is 46.2 Å². The molecule has 0 aromatic carbocycles. The molecule has 1 N–H and O–H groups in total. The van der Waals surface area contributed by atoms with Gasteiger partial charge < -0.3 is 14.8 Å². The number of rotatable bonds is 4. The Hall–Kier alpha value is -0.980. The Morgan fingerprint density at radius 3 is 2.95 bits per heavy atom. The predicted molar refractivity (Wildman–Crippen MR) is 79.0 cm³/mol. The maximum atomic E-state index is 6.09. The molecule has 1 aromatic rings. The normalized spacial score (nSPS) is 25.6. The van der Waals surface area contributed by atoms with Crippen LogP contribution in [0.4, 0.5) is 0 Å². The van der Waals surface area contributed by atoms with Gasteiger partial charge in [-0.15, -0.1) is 0 Å². The highest BCUT2D eigenvalue weighted by atomic mass is 16.5. The molecule has 2 aliphatic heterocycles. The third kappa shape index (κ3) is 3.62. The summed E-state index contributed by atoms with van der Waals surface area (Å²) >= 11 is 0. The first kappa shape index (κ1) is 14.9. The molecule has 1 aromatic heterocycles. The van der Waals surface area contributed by atoms with Crippen LogP contribution in [0.2, 0.25) is 0 Å². The molecule has 3 heterocycles. The minimum atomic E-state index is 0.00344. The van der Waals surface area contributed by atoms with E-state index in [2.05, 4.69) is 29.2 Å². The molecule has 0 saturated carbocycles. The summed E-state index contributed by atoms with van der Waals surface area (Å²) < 4.78 is 13.6. The lowest BCUT2D eigenvalue weighted by Crippen LogP contribution is -2.44. The zero-order chi connectivity index (χ0) is 14.7. The second-order valence-electron chi connectivity index (χ2n) is 6.47. The van der Waals surface area contributed by atoms with Gasteiger partial charge >= 0.3 is 0 Å². The maximum Gasteiger partial charge on any atom is 0.164 e. The van der Waals surface area contributed by atoms with Gasteiger partial charge in [0.2, 0.25) is 0 Å². The molecule has 2 fully saturated rings. The van der Waals surface area contributed by atoms with Gasteiger partial charge in [0, 0.05) is 25.9 Å². The average molecular weight is 294 g/mol. The molecule has 1 unspecified atom stereocenters. The van der Waals surface area contributed by atoms with Crippen molar-refractivity contribution >= 4 is 0 Å². The lowest BCUT2D eigenvalue weighted by molar-refractivity contribution is -0.145. The van der Waals surface area contributed by atoms with Crippen molar-refractivity contribution in [2.24, 2.45) is 0 Å². The minimum Gasteiger partial charge on any atom is -0.381 e. The van der Waals surface area contributed by atoms with Crippen molar-refractivity contribution in [3.8, 4) is 0 Å². The zero-order valence-corrected chi connectivity index (χ0v) is 13.0. The second-order valence-corrected chi connectivity index (χ2v) is 6.47. The zero-order valence-electron chi connectivity index (χ0n) is 13.0. The van der Waals surface area contributed by atoms with E-state index in [9.17, 15) is 0 Å². The van der Waals surface area contributed by atoms with Crippen LogP contribution in [0.3, 0.4) is 0 Å². The first-order valence-corrected chi connectivity index (χ1v) is 8.02. The molecular weight excluding hydrogens is 268 g/mol. The largest absolute Gasteiger partial charge is 0.381 e. The van der Waals surface area contributed by atoms with E-state index in [1.165, 1.54) is 0 Å². The molecule has 2 saturated heterocycles. The molecule has 118 valence electrons. The Bertz CT molecular complexity index is 449. The average Bonchev–Trinajstić information content (AvgIpc) is 2.95. The van der Waals surface area contributed by atoms with Gasteiger partial charge in [0.25, 0.3) is 0 Å². The molecule has 21 heavy (non-hydrogen) atoms. The van der Waals surface area contributed by atoms with Crippen LogP contribution in [0.5, 0.6) is 0 Å². The van der Waals surface area contributed by atoms with Gasteiger partial charge in [0.05, 0.1) is 18.2 Å². The fourth-order valence-corrected chi connectivity index (χ4v) is 3.18. The fraction of sp³-hybridized carbons (Fsp3) is 0.867. The standard InChI is InChI=1S/C15H26N4O2/c1-12(2)16-10-14-17-11-19(18-14)13-3-6-21-15(9-13)4-7-20-8-5-15/h11-13,16H,3-10H2,1-2H3. The van der Waals surface area contributed by atoms with Gasteiger partial charge in [-0.05, 0) is 25.7 Å². The Labute approximate surface area is 126 Å². The number of aromatic nitrogens is 3. The Kier molecular flexibility index (Phi) is 4.57. The first-order valence-electron chi connectivity index (χ1n) is 8.02. The molecule has 0 amide bonds. The molecule has 0 bridgehead atoms. The van der Waals surface area contributed by atoms with Gasteiger partial charge in [-0.25, -0.2) is 9.67 Å². The summed E-state index contributed by atoms with van der Waals surface area (Å²) in [7, 11) is 0.